The molecule has 5 nitrogen and oxygen atoms in total. The predicted octanol–water partition coefficient (Wildman–Crippen LogP) is 1.24. The first kappa shape index (κ1) is 12.7. The highest BCUT2D eigenvalue weighted by Gasteiger charge is 2.33. The number of aromatic nitrogens is 1. The van der Waals surface area contributed by atoms with Crippen molar-refractivity contribution < 1.29 is 16.8 Å². The Kier molecular flexibility index (Phi) is 3.18. The van der Waals surface area contributed by atoms with Crippen molar-refractivity contribution in [3.8, 4) is 0 Å². The number of pyridine rings is 1. The van der Waals surface area contributed by atoms with E-state index < -0.39 is 17.7 Å². The Morgan fingerprint density at radius 2 is 1.28 bits per heavy atom. The third kappa shape index (κ3) is 2.02. The van der Waals surface area contributed by atoms with Crippen molar-refractivity contribution in [1.29, 1.82) is 0 Å². The average molecular weight is 283 g/mol. The zero-order valence-electron chi connectivity index (χ0n) is 9.09. The molecule has 0 N–H and O–H groups in total. The molecule has 0 aliphatic rings. The smallest absolute Gasteiger partial charge is 0.263 e. The summed E-state index contributed by atoms with van der Waals surface area (Å²) in [6, 6.07) is 9.58. The van der Waals surface area contributed by atoms with Crippen LogP contribution in [-0.2, 0) is 17.7 Å². The molecule has 0 saturated carbocycles. The van der Waals surface area contributed by atoms with Gasteiger partial charge in [-0.15, -0.1) is 0 Å². The van der Waals surface area contributed by atoms with Crippen LogP contribution in [0.15, 0.2) is 64.6 Å². The van der Waals surface area contributed by atoms with E-state index in [1.165, 1.54) is 42.6 Å². The van der Waals surface area contributed by atoms with Crippen LogP contribution < -0.4 is 0 Å². The van der Waals surface area contributed by atoms with E-state index >= 15 is 0 Å². The third-order valence-electron chi connectivity index (χ3n) is 2.24. The number of nitrogens with zero attached hydrogens (tertiary/aromatic N) is 1. The van der Waals surface area contributed by atoms with Gasteiger partial charge in [0.1, 0.15) is 4.90 Å². The standard InChI is InChI=1S/C11H9NO4S2/c13-17(14,10-5-2-1-3-6-10)18(15,16)11-7-4-8-12-9-11/h1-9H. The van der Waals surface area contributed by atoms with Gasteiger partial charge >= 0.3 is 0 Å². The van der Waals surface area contributed by atoms with Gasteiger partial charge in [-0.05, 0) is 24.3 Å². The van der Waals surface area contributed by atoms with E-state index in [1.807, 2.05) is 0 Å². The molecule has 7 heteroatoms. The summed E-state index contributed by atoms with van der Waals surface area (Å²) in [6.45, 7) is 0. The van der Waals surface area contributed by atoms with E-state index in [2.05, 4.69) is 4.98 Å². The van der Waals surface area contributed by atoms with Gasteiger partial charge in [-0.1, -0.05) is 18.2 Å². The molecule has 1 heterocycles. The van der Waals surface area contributed by atoms with Crippen LogP contribution >= 0.6 is 0 Å². The summed E-state index contributed by atoms with van der Waals surface area (Å²) >= 11 is 0. The topological polar surface area (TPSA) is 81.2 Å². The Bertz CT molecular complexity index is 671. The molecule has 1 aromatic heterocycles. The minimum Gasteiger partial charge on any atom is -0.263 e. The zero-order chi connectivity index (χ0) is 13.2. The van der Waals surface area contributed by atoms with Crippen LogP contribution in [0.2, 0.25) is 0 Å². The fourth-order valence-electron chi connectivity index (χ4n) is 1.34. The van der Waals surface area contributed by atoms with E-state index in [-0.39, 0.29) is 9.79 Å². The number of rotatable bonds is 3. The van der Waals surface area contributed by atoms with E-state index in [4.69, 9.17) is 0 Å². The third-order valence-corrected chi connectivity index (χ3v) is 7.38. The van der Waals surface area contributed by atoms with Gasteiger partial charge in [-0.2, -0.15) is 0 Å². The van der Waals surface area contributed by atoms with Gasteiger partial charge in [0.15, 0.2) is 0 Å². The summed E-state index contributed by atoms with van der Waals surface area (Å²) in [7, 11) is -8.94. The first-order valence-electron chi connectivity index (χ1n) is 4.91. The summed E-state index contributed by atoms with van der Waals surface area (Å²) in [5.41, 5.74) is 0. The molecule has 2 aromatic rings. The molecule has 0 spiro atoms. The Hall–Kier alpha value is -1.73. The molecule has 0 bridgehead atoms. The molecular formula is C11H9NO4S2. The van der Waals surface area contributed by atoms with E-state index in [0.29, 0.717) is 0 Å². The van der Waals surface area contributed by atoms with E-state index in [9.17, 15) is 16.8 Å². The van der Waals surface area contributed by atoms with E-state index in [0.717, 1.165) is 6.20 Å². The normalized spacial score (nSPS) is 12.2. The molecule has 0 saturated heterocycles. The Morgan fingerprint density at radius 1 is 0.722 bits per heavy atom. The van der Waals surface area contributed by atoms with E-state index in [1.54, 1.807) is 6.07 Å². The zero-order valence-corrected chi connectivity index (χ0v) is 10.7. The van der Waals surface area contributed by atoms with Crippen LogP contribution in [-0.4, -0.2) is 21.8 Å². The maximum absolute atomic E-state index is 12.0. The SMILES string of the molecule is O=S(=O)(c1ccccc1)S(=O)(=O)c1cccnc1. The average Bonchev–Trinajstić information content (AvgIpc) is 2.40. The molecule has 18 heavy (non-hydrogen) atoms. The number of hydrogen-bond donors (Lipinski definition) is 0. The van der Waals surface area contributed by atoms with Gasteiger partial charge in [0.25, 0.3) is 17.7 Å². The summed E-state index contributed by atoms with van der Waals surface area (Å²) in [4.78, 5) is 3.02. The lowest BCUT2D eigenvalue weighted by atomic mass is 10.4. The monoisotopic (exact) mass is 283 g/mol. The van der Waals surface area contributed by atoms with Crippen molar-refractivity contribution in [1.82, 2.24) is 4.98 Å². The van der Waals surface area contributed by atoms with Crippen LogP contribution in [0, 0.1) is 0 Å². The first-order chi connectivity index (χ1) is 8.46. The summed E-state index contributed by atoms with van der Waals surface area (Å²) in [6.07, 6.45) is 2.38. The first-order valence-corrected chi connectivity index (χ1v) is 8.40. The van der Waals surface area contributed by atoms with Crippen molar-refractivity contribution in [2.24, 2.45) is 0 Å². The minimum absolute atomic E-state index is 0.256. The van der Waals surface area contributed by atoms with Crippen molar-refractivity contribution >= 4 is 17.7 Å². The Labute approximate surface area is 104 Å². The lowest BCUT2D eigenvalue weighted by Gasteiger charge is -2.05. The van der Waals surface area contributed by atoms with Gasteiger partial charge < -0.3 is 0 Å². The van der Waals surface area contributed by atoms with Crippen LogP contribution in [0.3, 0.4) is 0 Å². The molecule has 94 valence electrons. The summed E-state index contributed by atoms with van der Waals surface area (Å²) < 4.78 is 48.1. The highest BCUT2D eigenvalue weighted by molar-refractivity contribution is 8.67. The Morgan fingerprint density at radius 3 is 1.83 bits per heavy atom. The largest absolute Gasteiger partial charge is 0.287 e. The van der Waals surface area contributed by atoms with Gasteiger partial charge in [-0.25, -0.2) is 16.8 Å². The Balaban J connectivity index is 2.63. The molecule has 0 aliphatic heterocycles. The number of hydrogen-bond acceptors (Lipinski definition) is 5. The molecule has 1 aromatic carbocycles. The van der Waals surface area contributed by atoms with Crippen LogP contribution in [0.5, 0.6) is 0 Å². The van der Waals surface area contributed by atoms with Crippen molar-refractivity contribution in [2.45, 2.75) is 9.79 Å². The van der Waals surface area contributed by atoms with Crippen LogP contribution in [0.1, 0.15) is 0 Å². The van der Waals surface area contributed by atoms with Crippen LogP contribution in [0.25, 0.3) is 0 Å². The lowest BCUT2D eigenvalue weighted by molar-refractivity contribution is 0.582. The molecule has 0 radical (unpaired) electrons. The quantitative estimate of drug-likeness (QED) is 0.792. The molecule has 0 aliphatic carbocycles. The highest BCUT2D eigenvalue weighted by atomic mass is 33.2. The molecule has 0 amide bonds. The molecule has 0 atom stereocenters. The fourth-order valence-corrected chi connectivity index (χ4v) is 4.92. The molecule has 0 fully saturated rings. The minimum atomic E-state index is -4.48. The predicted molar refractivity (Wildman–Crippen MR) is 65.1 cm³/mol. The second kappa shape index (κ2) is 4.51. The van der Waals surface area contributed by atoms with Gasteiger partial charge in [0.05, 0.1) is 4.90 Å². The summed E-state index contributed by atoms with van der Waals surface area (Å²) in [5.74, 6) is 0. The second-order valence-electron chi connectivity index (χ2n) is 3.41. The van der Waals surface area contributed by atoms with Crippen molar-refractivity contribution in [3.63, 3.8) is 0 Å². The lowest BCUT2D eigenvalue weighted by Crippen LogP contribution is -2.16. The van der Waals surface area contributed by atoms with Crippen LogP contribution in [0.4, 0.5) is 0 Å². The van der Waals surface area contributed by atoms with Gasteiger partial charge in [-0.3, -0.25) is 4.98 Å². The van der Waals surface area contributed by atoms with Gasteiger partial charge in [0.2, 0.25) is 0 Å². The number of benzene rings is 1. The maximum Gasteiger partial charge on any atom is 0.287 e. The molecule has 2 rings (SSSR count). The van der Waals surface area contributed by atoms with Gasteiger partial charge in [0, 0.05) is 12.4 Å². The molecule has 0 unspecified atom stereocenters. The van der Waals surface area contributed by atoms with Crippen molar-refractivity contribution in [2.75, 3.05) is 0 Å². The fraction of sp³-hybridized carbons (Fsp3) is 0. The maximum atomic E-state index is 12.0. The van der Waals surface area contributed by atoms with Crippen molar-refractivity contribution in [3.05, 3.63) is 54.9 Å². The second-order valence-corrected chi connectivity index (χ2v) is 8.80. The summed E-state index contributed by atoms with van der Waals surface area (Å²) in [5, 5.41) is 0. The molecular weight excluding hydrogens is 274 g/mol. The highest BCUT2D eigenvalue weighted by Crippen LogP contribution is 2.23.